The molecule has 1 aliphatic carbocycles. The summed E-state index contributed by atoms with van der Waals surface area (Å²) in [6.45, 7) is 0. The molecule has 0 fully saturated rings. The highest BCUT2D eigenvalue weighted by Crippen LogP contribution is 2.42. The maximum absolute atomic E-state index is 13.9. The highest BCUT2D eigenvalue weighted by Gasteiger charge is 2.33. The number of aryl methyl sites for hydroxylation is 1. The number of aromatic nitrogens is 1. The standard InChI is InChI=1S/C28H24N2O4S2/c1-32-20-13-16(14-21(33-2)26(20)34-3)15-23-27(31)30-25(22-9-6-12-35-22)19-11-10-17-7-4-5-8-18(17)24(19)29-28(30)36-23/h4-9,12-15,25H,10-11H2,1-3H3. The van der Waals surface area contributed by atoms with Crippen molar-refractivity contribution in [3.8, 4) is 17.2 Å². The molecule has 0 amide bonds. The van der Waals surface area contributed by atoms with Crippen molar-refractivity contribution >= 4 is 34.4 Å². The molecule has 1 aliphatic heterocycles. The van der Waals surface area contributed by atoms with Crippen molar-refractivity contribution in [1.82, 2.24) is 4.57 Å². The van der Waals surface area contributed by atoms with E-state index in [0.717, 1.165) is 29.0 Å². The number of hydrogen-bond donors (Lipinski definition) is 0. The summed E-state index contributed by atoms with van der Waals surface area (Å²) >= 11 is 3.09. The van der Waals surface area contributed by atoms with Crippen molar-refractivity contribution in [2.75, 3.05) is 21.3 Å². The van der Waals surface area contributed by atoms with Crippen LogP contribution in [0.2, 0.25) is 0 Å². The molecule has 0 spiro atoms. The predicted molar refractivity (Wildman–Crippen MR) is 143 cm³/mol. The SMILES string of the molecule is COc1cc(C=c2sc3n(c2=O)C(c2cccs2)C2=C(N=3)c3ccccc3CC2)cc(OC)c1OC. The first-order valence-electron chi connectivity index (χ1n) is 11.6. The Kier molecular flexibility index (Phi) is 5.78. The number of methoxy groups -OCH3 is 3. The molecule has 182 valence electrons. The molecule has 1 unspecified atom stereocenters. The molecule has 36 heavy (non-hydrogen) atoms. The number of benzene rings is 2. The maximum atomic E-state index is 13.9. The molecule has 2 aromatic heterocycles. The molecule has 6 nitrogen and oxygen atoms in total. The van der Waals surface area contributed by atoms with Gasteiger partial charge in [-0.3, -0.25) is 9.36 Å². The van der Waals surface area contributed by atoms with Crippen LogP contribution in [0.4, 0.5) is 0 Å². The highest BCUT2D eigenvalue weighted by atomic mass is 32.1. The molecular weight excluding hydrogens is 492 g/mol. The largest absolute Gasteiger partial charge is 0.493 e. The third-order valence-electron chi connectivity index (χ3n) is 6.67. The lowest BCUT2D eigenvalue weighted by molar-refractivity contribution is 0.324. The van der Waals surface area contributed by atoms with Gasteiger partial charge in [0.2, 0.25) is 5.75 Å². The van der Waals surface area contributed by atoms with Gasteiger partial charge < -0.3 is 14.2 Å². The zero-order chi connectivity index (χ0) is 24.8. The van der Waals surface area contributed by atoms with E-state index in [-0.39, 0.29) is 11.6 Å². The Labute approximate surface area is 216 Å². The van der Waals surface area contributed by atoms with Gasteiger partial charge in [-0.2, -0.15) is 0 Å². The van der Waals surface area contributed by atoms with Gasteiger partial charge in [0.05, 0.1) is 37.6 Å². The topological polar surface area (TPSA) is 62.1 Å². The Hall–Kier alpha value is -3.62. The monoisotopic (exact) mass is 516 g/mol. The van der Waals surface area contributed by atoms with Gasteiger partial charge in [0.25, 0.3) is 5.56 Å². The summed E-state index contributed by atoms with van der Waals surface area (Å²) in [5, 5.41) is 2.07. The minimum absolute atomic E-state index is 0.0451. The number of allylic oxidation sites excluding steroid dienone is 1. The quantitative estimate of drug-likeness (QED) is 0.394. The summed E-state index contributed by atoms with van der Waals surface area (Å²) in [7, 11) is 4.74. The van der Waals surface area contributed by atoms with Crippen LogP contribution >= 0.6 is 22.7 Å². The van der Waals surface area contributed by atoms with Gasteiger partial charge in [0.15, 0.2) is 16.3 Å². The van der Waals surface area contributed by atoms with E-state index in [4.69, 9.17) is 19.2 Å². The second-order valence-electron chi connectivity index (χ2n) is 8.59. The first-order chi connectivity index (χ1) is 17.6. The number of fused-ring (bicyclic) bond motifs is 3. The number of rotatable bonds is 5. The van der Waals surface area contributed by atoms with Crippen molar-refractivity contribution in [2.24, 2.45) is 4.99 Å². The number of ether oxygens (including phenoxy) is 3. The lowest BCUT2D eigenvalue weighted by atomic mass is 9.85. The number of hydrogen-bond acceptors (Lipinski definition) is 7. The van der Waals surface area contributed by atoms with E-state index in [9.17, 15) is 4.79 Å². The fourth-order valence-corrected chi connectivity index (χ4v) is 6.90. The Morgan fingerprint density at radius 1 is 1.00 bits per heavy atom. The Balaban J connectivity index is 1.58. The molecule has 0 bridgehead atoms. The second-order valence-corrected chi connectivity index (χ2v) is 10.6. The summed E-state index contributed by atoms with van der Waals surface area (Å²) in [6.07, 6.45) is 3.70. The fraction of sp³-hybridized carbons (Fsp3) is 0.214. The summed E-state index contributed by atoms with van der Waals surface area (Å²) in [5.74, 6) is 1.60. The van der Waals surface area contributed by atoms with Gasteiger partial charge in [0, 0.05) is 10.4 Å². The van der Waals surface area contributed by atoms with Crippen molar-refractivity contribution in [1.29, 1.82) is 0 Å². The summed E-state index contributed by atoms with van der Waals surface area (Å²) < 4.78 is 18.9. The molecule has 2 aliphatic rings. The Morgan fingerprint density at radius 3 is 2.47 bits per heavy atom. The molecule has 4 aromatic rings. The molecule has 0 radical (unpaired) electrons. The Bertz CT molecular complexity index is 1650. The van der Waals surface area contributed by atoms with Gasteiger partial charge >= 0.3 is 0 Å². The van der Waals surface area contributed by atoms with Crippen molar-refractivity contribution < 1.29 is 14.2 Å². The number of thiazole rings is 1. The van der Waals surface area contributed by atoms with E-state index >= 15 is 0 Å². The van der Waals surface area contributed by atoms with E-state index in [1.54, 1.807) is 32.7 Å². The minimum Gasteiger partial charge on any atom is -0.493 e. The molecular formula is C28H24N2O4S2. The lowest BCUT2D eigenvalue weighted by Crippen LogP contribution is -2.38. The number of thiophene rings is 1. The molecule has 0 saturated carbocycles. The van der Waals surface area contributed by atoms with E-state index in [0.29, 0.717) is 26.6 Å². The molecule has 6 rings (SSSR count). The average molecular weight is 517 g/mol. The molecule has 0 N–H and O–H groups in total. The van der Waals surface area contributed by atoms with Crippen LogP contribution in [0.15, 0.2) is 69.3 Å². The minimum atomic E-state index is -0.147. The van der Waals surface area contributed by atoms with Crippen LogP contribution in [-0.4, -0.2) is 25.9 Å². The van der Waals surface area contributed by atoms with Crippen LogP contribution in [0, 0.1) is 0 Å². The molecule has 8 heteroatoms. The van der Waals surface area contributed by atoms with Crippen LogP contribution in [0.1, 0.15) is 34.0 Å². The maximum Gasteiger partial charge on any atom is 0.271 e. The van der Waals surface area contributed by atoms with Gasteiger partial charge in [-0.15, -0.1) is 11.3 Å². The first-order valence-corrected chi connectivity index (χ1v) is 13.3. The highest BCUT2D eigenvalue weighted by molar-refractivity contribution is 7.10. The van der Waals surface area contributed by atoms with Crippen LogP contribution in [-0.2, 0) is 6.42 Å². The van der Waals surface area contributed by atoms with E-state index in [1.807, 2.05) is 28.8 Å². The van der Waals surface area contributed by atoms with Gasteiger partial charge in [0.1, 0.15) is 0 Å². The van der Waals surface area contributed by atoms with Crippen molar-refractivity contribution in [2.45, 2.75) is 18.9 Å². The second kappa shape index (κ2) is 9.11. The molecule has 3 heterocycles. The molecule has 0 saturated heterocycles. The summed E-state index contributed by atoms with van der Waals surface area (Å²) in [6, 6.07) is 16.2. The summed E-state index contributed by atoms with van der Waals surface area (Å²) in [5.41, 5.74) is 5.44. The van der Waals surface area contributed by atoms with E-state index in [1.165, 1.54) is 28.0 Å². The fourth-order valence-electron chi connectivity index (χ4n) is 5.05. The first kappa shape index (κ1) is 22.8. The van der Waals surface area contributed by atoms with E-state index in [2.05, 4.69) is 35.7 Å². The summed E-state index contributed by atoms with van der Waals surface area (Å²) in [4.78, 5) is 20.8. The van der Waals surface area contributed by atoms with Crippen LogP contribution in [0.5, 0.6) is 17.2 Å². The van der Waals surface area contributed by atoms with E-state index < -0.39 is 0 Å². The smallest absolute Gasteiger partial charge is 0.271 e. The zero-order valence-electron chi connectivity index (χ0n) is 20.1. The van der Waals surface area contributed by atoms with Gasteiger partial charge in [-0.1, -0.05) is 41.7 Å². The lowest BCUT2D eigenvalue weighted by Gasteiger charge is -2.30. The zero-order valence-corrected chi connectivity index (χ0v) is 21.7. The van der Waals surface area contributed by atoms with Crippen molar-refractivity contribution in [3.63, 3.8) is 0 Å². The van der Waals surface area contributed by atoms with Gasteiger partial charge in [-0.25, -0.2) is 4.99 Å². The van der Waals surface area contributed by atoms with Gasteiger partial charge in [-0.05, 0) is 59.2 Å². The van der Waals surface area contributed by atoms with Crippen LogP contribution < -0.4 is 29.1 Å². The van der Waals surface area contributed by atoms with Crippen LogP contribution in [0.25, 0.3) is 11.8 Å². The molecule has 2 aromatic carbocycles. The normalized spacial score (nSPS) is 16.6. The Morgan fingerprint density at radius 2 is 1.78 bits per heavy atom. The average Bonchev–Trinajstić information content (AvgIpc) is 3.55. The van der Waals surface area contributed by atoms with Crippen LogP contribution in [0.3, 0.4) is 0 Å². The molecule has 1 atom stereocenters. The third kappa shape index (κ3) is 3.60. The predicted octanol–water partition coefficient (Wildman–Crippen LogP) is 4.41. The number of nitrogens with zero attached hydrogens (tertiary/aromatic N) is 2. The van der Waals surface area contributed by atoms with Crippen molar-refractivity contribution in [3.05, 3.63) is 101 Å². The third-order valence-corrected chi connectivity index (χ3v) is 8.58.